The molecule has 0 aliphatic rings. The smallest absolute Gasteiger partial charge is 0.120 e. The van der Waals surface area contributed by atoms with Crippen molar-refractivity contribution in [3.05, 3.63) is 53.3 Å². The average molecular weight is 229 g/mol. The van der Waals surface area contributed by atoms with Crippen molar-refractivity contribution in [3.8, 4) is 5.75 Å². The molecule has 0 bridgehead atoms. The van der Waals surface area contributed by atoms with Crippen LogP contribution >= 0.6 is 0 Å². The Kier molecular flexibility index (Phi) is 3.67. The van der Waals surface area contributed by atoms with Crippen LogP contribution in [0.3, 0.4) is 0 Å². The minimum absolute atomic E-state index is 0.322. The van der Waals surface area contributed by atoms with E-state index in [-0.39, 0.29) is 0 Å². The first-order valence-electron chi connectivity index (χ1n) is 5.51. The summed E-state index contributed by atoms with van der Waals surface area (Å²) in [7, 11) is 0. The summed E-state index contributed by atoms with van der Waals surface area (Å²) in [6, 6.07) is 9.35. The lowest BCUT2D eigenvalue weighted by Crippen LogP contribution is -2.14. The SMILES string of the molecule is Cc1ccc(O)c(CNCc2cccnn2)c1. The summed E-state index contributed by atoms with van der Waals surface area (Å²) in [5.41, 5.74) is 2.92. The summed E-state index contributed by atoms with van der Waals surface area (Å²) < 4.78 is 0. The minimum atomic E-state index is 0.322. The summed E-state index contributed by atoms with van der Waals surface area (Å²) in [5.74, 6) is 0.322. The molecular weight excluding hydrogens is 214 g/mol. The molecule has 0 aliphatic heterocycles. The highest BCUT2D eigenvalue weighted by molar-refractivity contribution is 5.35. The zero-order chi connectivity index (χ0) is 12.1. The van der Waals surface area contributed by atoms with Gasteiger partial charge in [-0.25, -0.2) is 0 Å². The first kappa shape index (κ1) is 11.5. The highest BCUT2D eigenvalue weighted by Gasteiger charge is 2.01. The fraction of sp³-hybridized carbons (Fsp3) is 0.231. The van der Waals surface area contributed by atoms with Gasteiger partial charge in [-0.2, -0.15) is 10.2 Å². The fourth-order valence-electron chi connectivity index (χ4n) is 1.61. The van der Waals surface area contributed by atoms with Crippen LogP contribution in [0.15, 0.2) is 36.5 Å². The second kappa shape index (κ2) is 5.41. The Bertz CT molecular complexity index is 485. The van der Waals surface area contributed by atoms with Crippen LogP contribution in [0.1, 0.15) is 16.8 Å². The minimum Gasteiger partial charge on any atom is -0.508 e. The highest BCUT2D eigenvalue weighted by Crippen LogP contribution is 2.17. The van der Waals surface area contributed by atoms with Crippen molar-refractivity contribution in [1.29, 1.82) is 0 Å². The van der Waals surface area contributed by atoms with Gasteiger partial charge in [0.2, 0.25) is 0 Å². The summed E-state index contributed by atoms with van der Waals surface area (Å²) >= 11 is 0. The predicted octanol–water partition coefficient (Wildman–Crippen LogP) is 1.78. The van der Waals surface area contributed by atoms with Crippen LogP contribution in [-0.4, -0.2) is 15.3 Å². The number of nitrogens with zero attached hydrogens (tertiary/aromatic N) is 2. The first-order valence-corrected chi connectivity index (χ1v) is 5.51. The first-order chi connectivity index (χ1) is 8.25. The van der Waals surface area contributed by atoms with Crippen LogP contribution in [-0.2, 0) is 13.1 Å². The number of nitrogens with one attached hydrogen (secondary N) is 1. The molecular formula is C13H15N3O. The molecule has 1 heterocycles. The van der Waals surface area contributed by atoms with E-state index in [9.17, 15) is 5.11 Å². The Morgan fingerprint density at radius 3 is 2.88 bits per heavy atom. The summed E-state index contributed by atoms with van der Waals surface area (Å²) in [6.45, 7) is 3.26. The van der Waals surface area contributed by atoms with Crippen molar-refractivity contribution in [2.24, 2.45) is 0 Å². The molecule has 0 atom stereocenters. The molecule has 17 heavy (non-hydrogen) atoms. The molecule has 4 nitrogen and oxygen atoms in total. The molecule has 0 fully saturated rings. The second-order valence-corrected chi connectivity index (χ2v) is 3.95. The van der Waals surface area contributed by atoms with E-state index in [1.54, 1.807) is 12.3 Å². The molecule has 0 unspecified atom stereocenters. The van der Waals surface area contributed by atoms with Gasteiger partial charge < -0.3 is 10.4 Å². The molecule has 0 aliphatic carbocycles. The normalized spacial score (nSPS) is 10.4. The Morgan fingerprint density at radius 1 is 1.24 bits per heavy atom. The van der Waals surface area contributed by atoms with Crippen LogP contribution in [0.4, 0.5) is 0 Å². The number of aromatic nitrogens is 2. The van der Waals surface area contributed by atoms with Crippen LogP contribution in [0.5, 0.6) is 5.75 Å². The van der Waals surface area contributed by atoms with E-state index >= 15 is 0 Å². The van der Waals surface area contributed by atoms with Crippen molar-refractivity contribution < 1.29 is 5.11 Å². The van der Waals surface area contributed by atoms with E-state index < -0.39 is 0 Å². The number of hydrogen-bond acceptors (Lipinski definition) is 4. The maximum Gasteiger partial charge on any atom is 0.120 e. The summed E-state index contributed by atoms with van der Waals surface area (Å²) in [4.78, 5) is 0. The van der Waals surface area contributed by atoms with E-state index in [1.165, 1.54) is 0 Å². The van der Waals surface area contributed by atoms with Crippen LogP contribution in [0, 0.1) is 6.92 Å². The molecule has 2 N–H and O–H groups in total. The second-order valence-electron chi connectivity index (χ2n) is 3.95. The van der Waals surface area contributed by atoms with Gasteiger partial charge >= 0.3 is 0 Å². The molecule has 4 heteroatoms. The van der Waals surface area contributed by atoms with Gasteiger partial charge in [0, 0.05) is 24.8 Å². The van der Waals surface area contributed by atoms with Gasteiger partial charge in [0.05, 0.1) is 5.69 Å². The monoisotopic (exact) mass is 229 g/mol. The van der Waals surface area contributed by atoms with Gasteiger partial charge in [0.1, 0.15) is 5.75 Å². The van der Waals surface area contributed by atoms with Gasteiger partial charge in [-0.05, 0) is 25.1 Å². The van der Waals surface area contributed by atoms with Crippen molar-refractivity contribution in [2.75, 3.05) is 0 Å². The number of aromatic hydroxyl groups is 1. The molecule has 2 rings (SSSR count). The standard InChI is InChI=1S/C13H15N3O/c1-10-4-5-13(17)11(7-10)8-14-9-12-3-2-6-15-16-12/h2-7,14,17H,8-9H2,1H3. The van der Waals surface area contributed by atoms with E-state index in [4.69, 9.17) is 0 Å². The number of phenols is 1. The molecule has 0 saturated carbocycles. The van der Waals surface area contributed by atoms with Crippen LogP contribution in [0.25, 0.3) is 0 Å². The van der Waals surface area contributed by atoms with Gasteiger partial charge in [0.15, 0.2) is 0 Å². The Hall–Kier alpha value is -1.94. The number of phenolic OH excluding ortho intramolecular Hbond substituents is 1. The molecule has 0 radical (unpaired) electrons. The maximum absolute atomic E-state index is 9.66. The Balaban J connectivity index is 1.92. The fourth-order valence-corrected chi connectivity index (χ4v) is 1.61. The molecule has 0 spiro atoms. The van der Waals surface area contributed by atoms with Gasteiger partial charge in [-0.3, -0.25) is 0 Å². The molecule has 1 aromatic heterocycles. The van der Waals surface area contributed by atoms with Gasteiger partial charge in [-0.15, -0.1) is 0 Å². The van der Waals surface area contributed by atoms with Gasteiger partial charge in [0.25, 0.3) is 0 Å². The molecule has 0 saturated heterocycles. The number of aryl methyl sites for hydroxylation is 1. The predicted molar refractivity (Wildman–Crippen MR) is 65.4 cm³/mol. The third-order valence-electron chi connectivity index (χ3n) is 2.48. The van der Waals surface area contributed by atoms with E-state index in [2.05, 4.69) is 15.5 Å². The van der Waals surface area contributed by atoms with Gasteiger partial charge in [-0.1, -0.05) is 17.7 Å². The lowest BCUT2D eigenvalue weighted by atomic mass is 10.1. The lowest BCUT2D eigenvalue weighted by Gasteiger charge is -2.07. The van der Waals surface area contributed by atoms with Crippen molar-refractivity contribution >= 4 is 0 Å². The number of benzene rings is 1. The van der Waals surface area contributed by atoms with Crippen molar-refractivity contribution in [2.45, 2.75) is 20.0 Å². The molecule has 1 aromatic carbocycles. The van der Waals surface area contributed by atoms with Crippen LogP contribution < -0.4 is 5.32 Å². The Labute approximate surface area is 100 Å². The average Bonchev–Trinajstić information content (AvgIpc) is 2.35. The van der Waals surface area contributed by atoms with E-state index in [0.717, 1.165) is 16.8 Å². The molecule has 88 valence electrons. The largest absolute Gasteiger partial charge is 0.508 e. The van der Waals surface area contributed by atoms with Crippen molar-refractivity contribution in [1.82, 2.24) is 15.5 Å². The summed E-state index contributed by atoms with van der Waals surface area (Å²) in [5, 5.41) is 20.7. The summed E-state index contributed by atoms with van der Waals surface area (Å²) in [6.07, 6.45) is 1.65. The van der Waals surface area contributed by atoms with Crippen LogP contribution in [0.2, 0.25) is 0 Å². The molecule has 2 aromatic rings. The zero-order valence-electron chi connectivity index (χ0n) is 9.72. The van der Waals surface area contributed by atoms with Crippen molar-refractivity contribution in [3.63, 3.8) is 0 Å². The number of rotatable bonds is 4. The highest BCUT2D eigenvalue weighted by atomic mass is 16.3. The third-order valence-corrected chi connectivity index (χ3v) is 2.48. The lowest BCUT2D eigenvalue weighted by molar-refractivity contribution is 0.464. The topological polar surface area (TPSA) is 58.0 Å². The molecule has 0 amide bonds. The third kappa shape index (κ3) is 3.26. The number of hydrogen-bond donors (Lipinski definition) is 2. The van der Waals surface area contributed by atoms with E-state index in [1.807, 2.05) is 31.2 Å². The van der Waals surface area contributed by atoms with E-state index in [0.29, 0.717) is 18.8 Å². The maximum atomic E-state index is 9.66. The Morgan fingerprint density at radius 2 is 2.12 bits per heavy atom. The zero-order valence-corrected chi connectivity index (χ0v) is 9.72. The quantitative estimate of drug-likeness (QED) is 0.839.